The summed E-state index contributed by atoms with van der Waals surface area (Å²) in [5.74, 6) is 1.94. The molecule has 6 heteroatoms. The first-order chi connectivity index (χ1) is 28.8. The van der Waals surface area contributed by atoms with Crippen molar-refractivity contribution < 1.29 is 29.7 Å². The number of fused-ring (bicyclic) bond motifs is 4. The van der Waals surface area contributed by atoms with Gasteiger partial charge in [0, 0.05) is 9.52 Å². The van der Waals surface area contributed by atoms with Crippen molar-refractivity contribution in [3.63, 3.8) is 0 Å². The van der Waals surface area contributed by atoms with E-state index in [0.29, 0.717) is 0 Å². The Morgan fingerprint density at radius 2 is 0.933 bits per heavy atom. The standard InChI is InChI=1S/2C26H25O.C2H6Si.2ClH.Zr/c2*1-16-20-15-19-12-13-26(3,4)25(19)24(18-9-6-5-7-10-18)23(20)17(2)22(16)21-11-8-14-27-21;1-3-2;;;/h2*5-11,14-15H,12-13H2,1-4H3;1-2H3;2*1H;/q2*-1;;;;+4/p-2. The zero-order valence-corrected chi connectivity index (χ0v) is 41.8. The summed E-state index contributed by atoms with van der Waals surface area (Å²) in [7, 11) is 11.0. The summed E-state index contributed by atoms with van der Waals surface area (Å²) >= 11 is -0.826. The normalized spacial score (nSPS) is 14.3. The Morgan fingerprint density at radius 1 is 0.583 bits per heavy atom. The predicted molar refractivity (Wildman–Crippen MR) is 256 cm³/mol. The van der Waals surface area contributed by atoms with Gasteiger partial charge in [-0.15, -0.1) is 55.9 Å². The Bertz CT molecular complexity index is 2530. The average molecular weight is 927 g/mol. The fourth-order valence-corrected chi connectivity index (χ4v) is 10.4. The second-order valence-electron chi connectivity index (χ2n) is 17.7. The zero-order valence-electron chi connectivity index (χ0n) is 36.8. The number of hydrogen-bond donors (Lipinski definition) is 0. The second kappa shape index (κ2) is 18.4. The first-order valence-electron chi connectivity index (χ1n) is 21.1. The molecular weight excluding hydrogens is 871 g/mol. The van der Waals surface area contributed by atoms with Gasteiger partial charge in [-0.25, -0.2) is 0 Å². The maximum absolute atomic E-state index is 5.80. The molecule has 0 aliphatic heterocycles. The van der Waals surface area contributed by atoms with Gasteiger partial charge in [-0.3, -0.25) is 0 Å². The van der Waals surface area contributed by atoms with Gasteiger partial charge in [0.25, 0.3) is 0 Å². The van der Waals surface area contributed by atoms with Crippen LogP contribution in [0.3, 0.4) is 0 Å². The Hall–Kier alpha value is -3.66. The van der Waals surface area contributed by atoms with Gasteiger partial charge in [0.2, 0.25) is 0 Å². The van der Waals surface area contributed by atoms with Crippen LogP contribution in [0.1, 0.15) is 85.0 Å². The SMILES string of the molecule is C[Si]C.Cc1c(-c2ccco2)[c-](C)c2cc3c(c(-c4ccccc4)c12)C(C)(C)CC3.Cc1c(-c2ccco2)[c-](C)c2cc3c(c(-c4ccccc4)c12)C(C)(C)CC3.[Cl][Zr+2][Cl]. The van der Waals surface area contributed by atoms with Crippen LogP contribution in [0.2, 0.25) is 13.1 Å². The van der Waals surface area contributed by atoms with Crippen LogP contribution >= 0.6 is 17.0 Å². The molecule has 2 aromatic heterocycles. The van der Waals surface area contributed by atoms with E-state index in [2.05, 4.69) is 153 Å². The van der Waals surface area contributed by atoms with Crippen LogP contribution in [0.4, 0.5) is 0 Å². The molecule has 0 saturated heterocycles. The molecular formula is C54H56Cl2O2SiZr. The van der Waals surface area contributed by atoms with Crippen molar-refractivity contribution in [2.75, 3.05) is 0 Å². The monoisotopic (exact) mass is 924 g/mol. The second-order valence-corrected chi connectivity index (χ2v) is 22.4. The van der Waals surface area contributed by atoms with E-state index in [1.165, 1.54) is 101 Å². The molecule has 0 saturated carbocycles. The van der Waals surface area contributed by atoms with Crippen LogP contribution in [0.5, 0.6) is 0 Å². The van der Waals surface area contributed by atoms with Crippen LogP contribution < -0.4 is 0 Å². The number of furan rings is 2. The van der Waals surface area contributed by atoms with E-state index in [1.54, 1.807) is 23.7 Å². The van der Waals surface area contributed by atoms with Gasteiger partial charge < -0.3 is 8.83 Å². The molecule has 306 valence electrons. The Labute approximate surface area is 378 Å². The summed E-state index contributed by atoms with van der Waals surface area (Å²) in [5, 5.41) is 5.57. The summed E-state index contributed by atoms with van der Waals surface area (Å²) in [4.78, 5) is 0. The molecule has 0 amide bonds. The fourth-order valence-electron chi connectivity index (χ4n) is 10.4. The summed E-state index contributed by atoms with van der Waals surface area (Å²) < 4.78 is 11.6. The molecule has 2 aliphatic carbocycles. The maximum atomic E-state index is 5.80. The molecule has 0 N–H and O–H groups in total. The molecule has 0 unspecified atom stereocenters. The van der Waals surface area contributed by atoms with Gasteiger partial charge in [-0.1, -0.05) is 164 Å². The van der Waals surface area contributed by atoms with E-state index in [-0.39, 0.29) is 10.8 Å². The Kier molecular flexibility index (Phi) is 13.6. The van der Waals surface area contributed by atoms with E-state index in [1.807, 2.05) is 12.1 Å². The van der Waals surface area contributed by atoms with E-state index >= 15 is 0 Å². The van der Waals surface area contributed by atoms with Gasteiger partial charge in [-0.05, 0) is 82.0 Å². The van der Waals surface area contributed by atoms with Gasteiger partial charge in [0.15, 0.2) is 0 Å². The number of halogens is 2. The number of hydrogen-bond acceptors (Lipinski definition) is 2. The third-order valence-electron chi connectivity index (χ3n) is 12.9. The van der Waals surface area contributed by atoms with Crippen molar-refractivity contribution in [3.05, 3.63) is 154 Å². The minimum absolute atomic E-state index is 0.206. The van der Waals surface area contributed by atoms with Crippen LogP contribution in [-0.4, -0.2) is 9.52 Å². The third kappa shape index (κ3) is 8.08. The van der Waals surface area contributed by atoms with Crippen molar-refractivity contribution in [3.8, 4) is 44.9 Å². The van der Waals surface area contributed by atoms with Gasteiger partial charge >= 0.3 is 37.9 Å². The van der Waals surface area contributed by atoms with Gasteiger partial charge in [0.1, 0.15) is 0 Å². The van der Waals surface area contributed by atoms with Crippen LogP contribution in [0.25, 0.3) is 66.4 Å². The predicted octanol–water partition coefficient (Wildman–Crippen LogP) is 16.8. The van der Waals surface area contributed by atoms with Crippen molar-refractivity contribution in [1.82, 2.24) is 0 Å². The van der Waals surface area contributed by atoms with Gasteiger partial charge in [-0.2, -0.15) is 0 Å². The third-order valence-corrected chi connectivity index (χ3v) is 12.9. The number of aryl methyl sites for hydroxylation is 6. The molecule has 2 radical (unpaired) electrons. The van der Waals surface area contributed by atoms with E-state index in [9.17, 15) is 0 Å². The molecule has 2 nitrogen and oxygen atoms in total. The van der Waals surface area contributed by atoms with Crippen molar-refractivity contribution in [2.45, 2.75) is 105 Å². The van der Waals surface area contributed by atoms with E-state index in [4.69, 9.17) is 25.9 Å². The molecule has 10 rings (SSSR count). The molecule has 6 aromatic carbocycles. The molecule has 2 heterocycles. The topological polar surface area (TPSA) is 26.3 Å². The number of benzene rings is 4. The molecule has 0 spiro atoms. The minimum atomic E-state index is -0.826. The van der Waals surface area contributed by atoms with Crippen LogP contribution in [0, 0.1) is 27.7 Å². The van der Waals surface area contributed by atoms with Crippen LogP contribution in [0.15, 0.2) is 118 Å². The molecule has 8 aromatic rings. The molecule has 0 bridgehead atoms. The van der Waals surface area contributed by atoms with Crippen LogP contribution in [-0.2, 0) is 44.5 Å². The quantitative estimate of drug-likeness (QED) is 0.130. The van der Waals surface area contributed by atoms with Crippen molar-refractivity contribution in [1.29, 1.82) is 0 Å². The molecule has 0 atom stereocenters. The van der Waals surface area contributed by atoms with Gasteiger partial charge in [0.05, 0.1) is 24.0 Å². The molecule has 60 heavy (non-hydrogen) atoms. The fraction of sp³-hybridized carbons (Fsp3) is 0.296. The van der Waals surface area contributed by atoms with E-state index in [0.717, 1.165) is 33.9 Å². The average Bonchev–Trinajstić information content (AvgIpc) is 4.11. The zero-order chi connectivity index (χ0) is 42.9. The summed E-state index contributed by atoms with van der Waals surface area (Å²) in [6, 6.07) is 34.9. The first-order valence-corrected chi connectivity index (χ1v) is 29.4. The Balaban J connectivity index is 0.000000161. The summed E-state index contributed by atoms with van der Waals surface area (Å²) in [6.07, 6.45) is 8.31. The first kappa shape index (κ1) is 44.4. The Morgan fingerprint density at radius 3 is 1.25 bits per heavy atom. The molecule has 2 aliphatic rings. The van der Waals surface area contributed by atoms with Crippen molar-refractivity contribution >= 4 is 48.1 Å². The summed E-state index contributed by atoms with van der Waals surface area (Å²) in [6.45, 7) is 22.9. The van der Waals surface area contributed by atoms with E-state index < -0.39 is 20.8 Å². The summed E-state index contributed by atoms with van der Waals surface area (Å²) in [5.41, 5.74) is 19.9. The molecule has 0 fully saturated rings. The van der Waals surface area contributed by atoms with Crippen molar-refractivity contribution in [2.24, 2.45) is 0 Å². The number of rotatable bonds is 4.